The molecule has 0 unspecified atom stereocenters. The molecule has 0 radical (unpaired) electrons. The number of carbonyl (C=O) groups excluding carboxylic acids is 1. The van der Waals surface area contributed by atoms with Gasteiger partial charge in [0, 0.05) is 5.39 Å². The van der Waals surface area contributed by atoms with E-state index in [1.54, 1.807) is 0 Å². The molecule has 0 aliphatic heterocycles. The fourth-order valence-corrected chi connectivity index (χ4v) is 1.50. The maximum Gasteiger partial charge on any atom is 0.338 e. The number of alkyl halides is 2. The molecule has 0 bridgehead atoms. The number of methoxy groups -OCH3 is 1. The number of nitrogens with zero attached hydrogens (tertiary/aromatic N) is 2. The molecule has 0 atom stereocenters. The molecule has 0 saturated heterocycles. The lowest BCUT2D eigenvalue weighted by molar-refractivity contribution is 0.0600. The first kappa shape index (κ1) is 12.2. The van der Waals surface area contributed by atoms with E-state index in [0.29, 0.717) is 0 Å². The molecule has 2 aromatic rings. The van der Waals surface area contributed by atoms with Crippen LogP contribution in [0.2, 0.25) is 0 Å². The van der Waals surface area contributed by atoms with Crippen molar-refractivity contribution < 1.29 is 23.4 Å². The molecule has 0 aliphatic carbocycles. The van der Waals surface area contributed by atoms with Gasteiger partial charge in [-0.15, -0.1) is 10.2 Å². The largest absolute Gasteiger partial charge is 0.506 e. The van der Waals surface area contributed by atoms with Crippen molar-refractivity contribution in [3.8, 4) is 5.75 Å². The van der Waals surface area contributed by atoms with Crippen LogP contribution in [0.4, 0.5) is 8.78 Å². The van der Waals surface area contributed by atoms with Crippen molar-refractivity contribution in [1.29, 1.82) is 0 Å². The van der Waals surface area contributed by atoms with Crippen LogP contribution in [-0.4, -0.2) is 28.4 Å². The molecule has 0 aliphatic rings. The van der Waals surface area contributed by atoms with E-state index < -0.39 is 18.1 Å². The Morgan fingerprint density at radius 3 is 2.67 bits per heavy atom. The van der Waals surface area contributed by atoms with Crippen LogP contribution < -0.4 is 0 Å². The third kappa shape index (κ3) is 2.06. The number of hydrogen-bond acceptors (Lipinski definition) is 5. The molecule has 0 fully saturated rings. The van der Waals surface area contributed by atoms with Crippen molar-refractivity contribution in [3.63, 3.8) is 0 Å². The van der Waals surface area contributed by atoms with E-state index in [2.05, 4.69) is 14.9 Å². The number of phenols is 1. The minimum Gasteiger partial charge on any atom is -0.506 e. The van der Waals surface area contributed by atoms with E-state index in [4.69, 9.17) is 0 Å². The van der Waals surface area contributed by atoms with Gasteiger partial charge in [-0.25, -0.2) is 13.6 Å². The normalized spacial score (nSPS) is 10.9. The van der Waals surface area contributed by atoms with Crippen LogP contribution in [0.15, 0.2) is 18.2 Å². The summed E-state index contributed by atoms with van der Waals surface area (Å²) in [4.78, 5) is 11.3. The van der Waals surface area contributed by atoms with Crippen molar-refractivity contribution in [2.45, 2.75) is 6.43 Å². The van der Waals surface area contributed by atoms with Crippen molar-refractivity contribution in [1.82, 2.24) is 10.2 Å². The summed E-state index contributed by atoms with van der Waals surface area (Å²) in [6, 6.07) is 3.52. The summed E-state index contributed by atoms with van der Waals surface area (Å²) in [5.74, 6) is -0.996. The summed E-state index contributed by atoms with van der Waals surface area (Å²) in [7, 11) is 1.18. The lowest BCUT2D eigenvalue weighted by Gasteiger charge is -2.05. The molecule has 1 heterocycles. The number of carbonyl (C=O) groups is 1. The van der Waals surface area contributed by atoms with Crippen molar-refractivity contribution in [2.24, 2.45) is 0 Å². The molecule has 94 valence electrons. The average Bonchev–Trinajstić information content (AvgIpc) is 2.36. The van der Waals surface area contributed by atoms with Gasteiger partial charge in [0.25, 0.3) is 6.43 Å². The van der Waals surface area contributed by atoms with Gasteiger partial charge >= 0.3 is 5.97 Å². The molecule has 1 N–H and O–H groups in total. The zero-order valence-electron chi connectivity index (χ0n) is 9.22. The summed E-state index contributed by atoms with van der Waals surface area (Å²) in [6.45, 7) is 0. The zero-order chi connectivity index (χ0) is 13.3. The number of halogens is 2. The molecule has 7 heteroatoms. The summed E-state index contributed by atoms with van der Waals surface area (Å²) < 4.78 is 29.4. The van der Waals surface area contributed by atoms with Crippen molar-refractivity contribution in [2.75, 3.05) is 7.11 Å². The van der Waals surface area contributed by atoms with Gasteiger partial charge in [0.15, 0.2) is 0 Å². The van der Waals surface area contributed by atoms with Gasteiger partial charge < -0.3 is 9.84 Å². The lowest BCUT2D eigenvalue weighted by atomic mass is 10.1. The number of fused-ring (bicyclic) bond motifs is 1. The first-order valence-corrected chi connectivity index (χ1v) is 4.89. The highest BCUT2D eigenvalue weighted by Crippen LogP contribution is 2.27. The maximum absolute atomic E-state index is 12.5. The van der Waals surface area contributed by atoms with Gasteiger partial charge in [0.05, 0.1) is 12.7 Å². The first-order chi connectivity index (χ1) is 8.52. The molecular formula is C11H8F2N2O3. The molecule has 5 nitrogen and oxygen atoms in total. The molecular weight excluding hydrogens is 246 g/mol. The Bertz CT molecular complexity index is 617. The van der Waals surface area contributed by atoms with Crippen LogP contribution >= 0.6 is 0 Å². The molecule has 18 heavy (non-hydrogen) atoms. The highest BCUT2D eigenvalue weighted by Gasteiger charge is 2.15. The van der Waals surface area contributed by atoms with E-state index in [1.807, 2.05) is 0 Å². The second-order valence-corrected chi connectivity index (χ2v) is 3.49. The highest BCUT2D eigenvalue weighted by molar-refractivity contribution is 5.96. The Hall–Kier alpha value is -2.31. The average molecular weight is 254 g/mol. The van der Waals surface area contributed by atoms with Crippen LogP contribution in [0.25, 0.3) is 10.9 Å². The predicted octanol–water partition coefficient (Wildman–Crippen LogP) is 2.06. The van der Waals surface area contributed by atoms with E-state index in [-0.39, 0.29) is 22.2 Å². The van der Waals surface area contributed by atoms with Gasteiger partial charge in [-0.3, -0.25) is 0 Å². The summed E-state index contributed by atoms with van der Waals surface area (Å²) in [5.41, 5.74) is -0.424. The third-order valence-corrected chi connectivity index (χ3v) is 2.33. The number of hydrogen-bond donors (Lipinski definition) is 1. The van der Waals surface area contributed by atoms with Gasteiger partial charge in [0.1, 0.15) is 17.0 Å². The van der Waals surface area contributed by atoms with Crippen LogP contribution in [0.3, 0.4) is 0 Å². The van der Waals surface area contributed by atoms with Crippen molar-refractivity contribution in [3.05, 3.63) is 29.5 Å². The first-order valence-electron chi connectivity index (χ1n) is 4.89. The number of benzene rings is 1. The van der Waals surface area contributed by atoms with Crippen LogP contribution in [0.5, 0.6) is 5.75 Å². The number of aromatic hydroxyl groups is 1. The monoisotopic (exact) mass is 254 g/mol. The topological polar surface area (TPSA) is 72.3 Å². The molecule has 2 rings (SSSR count). The Balaban J connectivity index is 2.64. The molecule has 0 spiro atoms. The summed E-state index contributed by atoms with van der Waals surface area (Å²) in [5, 5.41) is 16.6. The van der Waals surface area contributed by atoms with Crippen LogP contribution in [0, 0.1) is 0 Å². The third-order valence-electron chi connectivity index (χ3n) is 2.33. The van der Waals surface area contributed by atoms with Gasteiger partial charge in [-0.2, -0.15) is 0 Å². The molecule has 0 saturated carbocycles. The van der Waals surface area contributed by atoms with Crippen LogP contribution in [-0.2, 0) is 4.74 Å². The fraction of sp³-hybridized carbons (Fsp3) is 0.182. The number of aromatic nitrogens is 2. The molecule has 1 aromatic heterocycles. The Kier molecular flexibility index (Phi) is 3.05. The van der Waals surface area contributed by atoms with E-state index >= 15 is 0 Å². The van der Waals surface area contributed by atoms with E-state index in [1.165, 1.54) is 13.2 Å². The number of phenolic OH excluding ortho intramolecular Hbond substituents is 1. The highest BCUT2D eigenvalue weighted by atomic mass is 19.3. The standard InChI is InChI=1S/C11H8F2N2O3/c1-18-11(17)6-2-5-3-7(10(12)13)14-15-9(5)8(16)4-6/h2-4,10,16H,1H3. The van der Waals surface area contributed by atoms with E-state index in [0.717, 1.165) is 12.1 Å². The number of esters is 1. The Morgan fingerprint density at radius 2 is 2.06 bits per heavy atom. The number of ether oxygens (including phenoxy) is 1. The van der Waals surface area contributed by atoms with Gasteiger partial charge in [-0.05, 0) is 18.2 Å². The van der Waals surface area contributed by atoms with Crippen LogP contribution in [0.1, 0.15) is 22.5 Å². The predicted molar refractivity (Wildman–Crippen MR) is 57.5 cm³/mol. The Labute approximate surface area is 100 Å². The summed E-state index contributed by atoms with van der Waals surface area (Å²) >= 11 is 0. The molecule has 0 amide bonds. The maximum atomic E-state index is 12.5. The smallest absolute Gasteiger partial charge is 0.338 e. The quantitative estimate of drug-likeness (QED) is 0.830. The SMILES string of the molecule is COC(=O)c1cc(O)c2nnc(C(F)F)cc2c1. The summed E-state index contributed by atoms with van der Waals surface area (Å²) in [6.07, 6.45) is -2.77. The van der Waals surface area contributed by atoms with Gasteiger partial charge in [-0.1, -0.05) is 0 Å². The minimum absolute atomic E-state index is 0.0482. The second kappa shape index (κ2) is 4.52. The van der Waals surface area contributed by atoms with Crippen molar-refractivity contribution >= 4 is 16.9 Å². The lowest BCUT2D eigenvalue weighted by Crippen LogP contribution is -2.02. The Morgan fingerprint density at radius 1 is 1.33 bits per heavy atom. The fourth-order valence-electron chi connectivity index (χ4n) is 1.50. The number of rotatable bonds is 2. The zero-order valence-corrected chi connectivity index (χ0v) is 9.22. The minimum atomic E-state index is -2.77. The van der Waals surface area contributed by atoms with Gasteiger partial charge in [0.2, 0.25) is 0 Å². The second-order valence-electron chi connectivity index (χ2n) is 3.49. The molecule has 1 aromatic carbocycles. The van der Waals surface area contributed by atoms with E-state index in [9.17, 15) is 18.7 Å².